The van der Waals surface area contributed by atoms with Crippen molar-refractivity contribution in [2.24, 2.45) is 0 Å². The van der Waals surface area contributed by atoms with Crippen molar-refractivity contribution >= 4 is 28.7 Å². The minimum absolute atomic E-state index is 0.0243. The topological polar surface area (TPSA) is 56.1 Å². The van der Waals surface area contributed by atoms with E-state index in [1.54, 1.807) is 7.11 Å². The van der Waals surface area contributed by atoms with Crippen LogP contribution in [0.2, 0.25) is 0 Å². The number of nitrogens with zero attached hydrogens (tertiary/aromatic N) is 2. The van der Waals surface area contributed by atoms with Crippen LogP contribution in [0.5, 0.6) is 0 Å². The van der Waals surface area contributed by atoms with Crippen molar-refractivity contribution in [1.82, 2.24) is 14.9 Å². The number of imidazole rings is 1. The number of carbonyl (C=O) groups is 1. The lowest BCUT2D eigenvalue weighted by Gasteiger charge is -2.08. The highest BCUT2D eigenvalue weighted by molar-refractivity contribution is 7.99. The van der Waals surface area contributed by atoms with Gasteiger partial charge >= 0.3 is 0 Å². The lowest BCUT2D eigenvalue weighted by Crippen LogP contribution is -2.27. The quantitative estimate of drug-likeness (QED) is 0.589. The van der Waals surface area contributed by atoms with Crippen molar-refractivity contribution in [3.05, 3.63) is 60.2 Å². The molecule has 1 heterocycles. The second-order valence-electron chi connectivity index (χ2n) is 5.90. The summed E-state index contributed by atoms with van der Waals surface area (Å²) in [4.78, 5) is 16.8. The normalized spacial score (nSPS) is 11.0. The second kappa shape index (κ2) is 9.40. The predicted octanol–water partition coefficient (Wildman–Crippen LogP) is 3.13. The fourth-order valence-corrected chi connectivity index (χ4v) is 3.60. The number of thioether (sulfide) groups is 1. The Kier molecular flexibility index (Phi) is 6.68. The highest BCUT2D eigenvalue weighted by atomic mass is 32.2. The summed E-state index contributed by atoms with van der Waals surface area (Å²) in [7, 11) is 1.69. The Hall–Kier alpha value is -2.31. The zero-order chi connectivity index (χ0) is 18.2. The molecule has 3 aromatic rings. The van der Waals surface area contributed by atoms with E-state index in [-0.39, 0.29) is 5.91 Å². The molecule has 0 bridgehead atoms. The van der Waals surface area contributed by atoms with E-state index in [4.69, 9.17) is 4.74 Å². The van der Waals surface area contributed by atoms with Crippen LogP contribution in [0.15, 0.2) is 59.8 Å². The monoisotopic (exact) mass is 369 g/mol. The second-order valence-corrected chi connectivity index (χ2v) is 6.84. The van der Waals surface area contributed by atoms with E-state index in [0.29, 0.717) is 18.9 Å². The smallest absolute Gasteiger partial charge is 0.230 e. The first-order valence-corrected chi connectivity index (χ1v) is 9.64. The molecule has 1 aromatic heterocycles. The summed E-state index contributed by atoms with van der Waals surface area (Å²) in [5.74, 6) is 0.377. The molecule has 26 heavy (non-hydrogen) atoms. The number of nitrogens with one attached hydrogen (secondary N) is 1. The number of hydrogen-bond acceptors (Lipinski definition) is 4. The van der Waals surface area contributed by atoms with Gasteiger partial charge in [-0.2, -0.15) is 0 Å². The Morgan fingerprint density at radius 2 is 1.92 bits per heavy atom. The predicted molar refractivity (Wildman–Crippen MR) is 105 cm³/mol. The number of fused-ring (bicyclic) bond motifs is 1. The zero-order valence-corrected chi connectivity index (χ0v) is 15.7. The molecule has 5 nitrogen and oxygen atoms in total. The molecule has 0 aliphatic heterocycles. The molecule has 136 valence electrons. The highest BCUT2D eigenvalue weighted by Crippen LogP contribution is 2.23. The molecular weight excluding hydrogens is 346 g/mol. The summed E-state index contributed by atoms with van der Waals surface area (Å²) in [6.07, 6.45) is 0.837. The first kappa shape index (κ1) is 18.5. The van der Waals surface area contributed by atoms with Crippen LogP contribution < -0.4 is 5.32 Å². The summed E-state index contributed by atoms with van der Waals surface area (Å²) in [5, 5.41) is 3.82. The molecule has 0 spiro atoms. The van der Waals surface area contributed by atoms with Gasteiger partial charge in [-0.3, -0.25) is 4.79 Å². The maximum Gasteiger partial charge on any atom is 0.230 e. The largest absolute Gasteiger partial charge is 0.383 e. The van der Waals surface area contributed by atoms with E-state index in [1.807, 2.05) is 42.5 Å². The van der Waals surface area contributed by atoms with Gasteiger partial charge in [0.1, 0.15) is 0 Å². The van der Waals surface area contributed by atoms with E-state index in [1.165, 1.54) is 17.3 Å². The number of rotatable bonds is 9. The van der Waals surface area contributed by atoms with E-state index in [2.05, 4.69) is 27.0 Å². The van der Waals surface area contributed by atoms with Crippen molar-refractivity contribution in [2.75, 3.05) is 26.0 Å². The van der Waals surface area contributed by atoms with Crippen LogP contribution in [0.3, 0.4) is 0 Å². The van der Waals surface area contributed by atoms with Crippen molar-refractivity contribution in [1.29, 1.82) is 0 Å². The molecular formula is C20H23N3O2S. The Morgan fingerprint density at radius 1 is 1.15 bits per heavy atom. The number of amides is 1. The number of hydrogen-bond donors (Lipinski definition) is 1. The van der Waals surface area contributed by atoms with Gasteiger partial charge in [-0.25, -0.2) is 4.98 Å². The van der Waals surface area contributed by atoms with Crippen LogP contribution in [-0.2, 0) is 22.5 Å². The molecule has 1 amide bonds. The third kappa shape index (κ3) is 4.86. The number of carbonyl (C=O) groups excluding carboxylic acids is 1. The molecule has 0 saturated carbocycles. The van der Waals surface area contributed by atoms with Gasteiger partial charge in [0.15, 0.2) is 5.16 Å². The maximum absolute atomic E-state index is 12.2. The molecule has 0 aliphatic carbocycles. The molecule has 6 heteroatoms. The van der Waals surface area contributed by atoms with Crippen LogP contribution in [0.4, 0.5) is 0 Å². The standard InChI is InChI=1S/C20H23N3O2S/c1-25-14-13-23-18-10-6-5-9-17(18)22-20(23)26-15-19(24)21-12-11-16-7-3-2-4-8-16/h2-10H,11-15H2,1H3,(H,21,24). The van der Waals surface area contributed by atoms with E-state index in [0.717, 1.165) is 29.2 Å². The molecule has 0 aliphatic rings. The summed E-state index contributed by atoms with van der Waals surface area (Å²) in [6.45, 7) is 1.97. The number of methoxy groups -OCH3 is 1. The summed E-state index contributed by atoms with van der Waals surface area (Å²) >= 11 is 1.46. The van der Waals surface area contributed by atoms with Gasteiger partial charge in [-0.15, -0.1) is 0 Å². The van der Waals surface area contributed by atoms with Crippen LogP contribution in [-0.4, -0.2) is 41.5 Å². The fraction of sp³-hybridized carbons (Fsp3) is 0.300. The van der Waals surface area contributed by atoms with Crippen molar-refractivity contribution in [3.63, 3.8) is 0 Å². The van der Waals surface area contributed by atoms with Gasteiger partial charge in [-0.1, -0.05) is 54.2 Å². The molecule has 0 unspecified atom stereocenters. The molecule has 3 rings (SSSR count). The summed E-state index contributed by atoms with van der Waals surface area (Å²) in [5.41, 5.74) is 3.23. The summed E-state index contributed by atoms with van der Waals surface area (Å²) in [6, 6.07) is 18.2. The van der Waals surface area contributed by atoms with Gasteiger partial charge in [-0.05, 0) is 24.1 Å². The maximum atomic E-state index is 12.2. The third-order valence-corrected chi connectivity index (χ3v) is 5.03. The number of para-hydroxylation sites is 2. The third-order valence-electron chi connectivity index (χ3n) is 4.05. The number of ether oxygens (including phenoxy) is 1. The van der Waals surface area contributed by atoms with Gasteiger partial charge in [0.25, 0.3) is 0 Å². The molecule has 0 fully saturated rings. The molecule has 1 N–H and O–H groups in total. The first-order chi connectivity index (χ1) is 12.8. The van der Waals surface area contributed by atoms with Crippen LogP contribution >= 0.6 is 11.8 Å². The van der Waals surface area contributed by atoms with E-state index in [9.17, 15) is 4.79 Å². The van der Waals surface area contributed by atoms with Crippen LogP contribution in [0.25, 0.3) is 11.0 Å². The minimum atomic E-state index is 0.0243. The van der Waals surface area contributed by atoms with Gasteiger partial charge in [0.05, 0.1) is 23.4 Å². The average Bonchev–Trinajstić information content (AvgIpc) is 3.03. The Bertz CT molecular complexity index is 849. The zero-order valence-electron chi connectivity index (χ0n) is 14.9. The molecule has 0 saturated heterocycles. The molecule has 2 aromatic carbocycles. The highest BCUT2D eigenvalue weighted by Gasteiger charge is 2.12. The Morgan fingerprint density at radius 3 is 2.73 bits per heavy atom. The molecule has 0 radical (unpaired) electrons. The van der Waals surface area contributed by atoms with E-state index >= 15 is 0 Å². The minimum Gasteiger partial charge on any atom is -0.383 e. The van der Waals surface area contributed by atoms with E-state index < -0.39 is 0 Å². The van der Waals surface area contributed by atoms with Crippen molar-refractivity contribution in [2.45, 2.75) is 18.1 Å². The first-order valence-electron chi connectivity index (χ1n) is 8.65. The number of benzene rings is 2. The Labute approximate surface area is 157 Å². The molecule has 0 atom stereocenters. The SMILES string of the molecule is COCCn1c(SCC(=O)NCCc2ccccc2)nc2ccccc21. The fourth-order valence-electron chi connectivity index (χ4n) is 2.73. The van der Waals surface area contributed by atoms with Gasteiger partial charge in [0, 0.05) is 20.2 Å². The van der Waals surface area contributed by atoms with Gasteiger partial charge < -0.3 is 14.6 Å². The summed E-state index contributed by atoms with van der Waals surface area (Å²) < 4.78 is 7.31. The van der Waals surface area contributed by atoms with Crippen LogP contribution in [0, 0.1) is 0 Å². The van der Waals surface area contributed by atoms with Crippen LogP contribution in [0.1, 0.15) is 5.56 Å². The van der Waals surface area contributed by atoms with Crippen molar-refractivity contribution in [3.8, 4) is 0 Å². The lowest BCUT2D eigenvalue weighted by atomic mass is 10.1. The average molecular weight is 369 g/mol. The lowest BCUT2D eigenvalue weighted by molar-refractivity contribution is -0.118. The van der Waals surface area contributed by atoms with Gasteiger partial charge in [0.2, 0.25) is 5.91 Å². The van der Waals surface area contributed by atoms with Crippen molar-refractivity contribution < 1.29 is 9.53 Å². The Balaban J connectivity index is 1.55. The number of aromatic nitrogens is 2.